The van der Waals surface area contributed by atoms with Crippen LogP contribution in [-0.4, -0.2) is 25.3 Å². The summed E-state index contributed by atoms with van der Waals surface area (Å²) in [6.07, 6.45) is 0. The second-order valence-electron chi connectivity index (χ2n) is 4.38. The van der Waals surface area contributed by atoms with Gasteiger partial charge in [0.05, 0.1) is 19.8 Å². The molecular formula is C16H16N2O3S. The fourth-order valence-electron chi connectivity index (χ4n) is 1.78. The Kier molecular flexibility index (Phi) is 5.32. The van der Waals surface area contributed by atoms with E-state index in [0.717, 1.165) is 17.1 Å². The molecule has 0 aliphatic rings. The Morgan fingerprint density at radius 2 is 1.41 bits per heavy atom. The predicted molar refractivity (Wildman–Crippen MR) is 90.6 cm³/mol. The first-order chi connectivity index (χ1) is 10.6. The van der Waals surface area contributed by atoms with Crippen molar-refractivity contribution < 1.29 is 14.3 Å². The number of carbonyl (C=O) groups excluding carboxylic acids is 1. The zero-order valence-corrected chi connectivity index (χ0v) is 13.1. The van der Waals surface area contributed by atoms with Crippen molar-refractivity contribution >= 4 is 34.7 Å². The van der Waals surface area contributed by atoms with Gasteiger partial charge in [0.1, 0.15) is 5.75 Å². The number of esters is 1. The summed E-state index contributed by atoms with van der Waals surface area (Å²) in [6, 6.07) is 14.3. The van der Waals surface area contributed by atoms with Crippen LogP contribution in [0, 0.1) is 0 Å². The van der Waals surface area contributed by atoms with E-state index in [1.807, 2.05) is 24.3 Å². The fraction of sp³-hybridized carbons (Fsp3) is 0.125. The van der Waals surface area contributed by atoms with E-state index in [-0.39, 0.29) is 5.97 Å². The summed E-state index contributed by atoms with van der Waals surface area (Å²) >= 11 is 5.24. The van der Waals surface area contributed by atoms with Crippen LogP contribution in [0.5, 0.6) is 5.75 Å². The maximum atomic E-state index is 11.3. The molecule has 0 atom stereocenters. The summed E-state index contributed by atoms with van der Waals surface area (Å²) in [7, 11) is 2.97. The van der Waals surface area contributed by atoms with Crippen LogP contribution in [-0.2, 0) is 4.74 Å². The number of nitrogens with one attached hydrogen (secondary N) is 2. The maximum absolute atomic E-state index is 11.3. The van der Waals surface area contributed by atoms with Gasteiger partial charge in [-0.2, -0.15) is 0 Å². The van der Waals surface area contributed by atoms with Gasteiger partial charge in [-0.05, 0) is 60.7 Å². The number of thiocarbonyl (C=S) groups is 1. The van der Waals surface area contributed by atoms with E-state index >= 15 is 0 Å². The number of methoxy groups -OCH3 is 2. The second-order valence-corrected chi connectivity index (χ2v) is 4.78. The summed E-state index contributed by atoms with van der Waals surface area (Å²) in [5.41, 5.74) is 2.12. The molecule has 0 radical (unpaired) electrons. The Bertz CT molecular complexity index is 654. The molecule has 0 saturated carbocycles. The normalized spacial score (nSPS) is 9.73. The van der Waals surface area contributed by atoms with Gasteiger partial charge in [0.15, 0.2) is 5.11 Å². The Labute approximate surface area is 134 Å². The van der Waals surface area contributed by atoms with Gasteiger partial charge < -0.3 is 20.1 Å². The van der Waals surface area contributed by atoms with Crippen molar-refractivity contribution in [3.8, 4) is 5.75 Å². The number of anilines is 2. The fourth-order valence-corrected chi connectivity index (χ4v) is 2.01. The lowest BCUT2D eigenvalue weighted by atomic mass is 10.2. The molecule has 0 aliphatic carbocycles. The minimum atomic E-state index is -0.370. The van der Waals surface area contributed by atoms with E-state index in [4.69, 9.17) is 17.0 Å². The molecule has 0 aliphatic heterocycles. The molecule has 0 spiro atoms. The van der Waals surface area contributed by atoms with Crippen molar-refractivity contribution in [3.05, 3.63) is 54.1 Å². The molecule has 2 rings (SSSR count). The molecule has 0 aromatic heterocycles. The van der Waals surface area contributed by atoms with E-state index < -0.39 is 0 Å². The van der Waals surface area contributed by atoms with Crippen LogP contribution in [0.25, 0.3) is 0 Å². The summed E-state index contributed by atoms with van der Waals surface area (Å²) in [5, 5.41) is 6.56. The van der Waals surface area contributed by atoms with Crippen molar-refractivity contribution in [1.29, 1.82) is 0 Å². The number of ether oxygens (including phenoxy) is 2. The smallest absolute Gasteiger partial charge is 0.337 e. The average Bonchev–Trinajstić information content (AvgIpc) is 2.55. The van der Waals surface area contributed by atoms with Crippen LogP contribution in [0.2, 0.25) is 0 Å². The summed E-state index contributed by atoms with van der Waals surface area (Å²) < 4.78 is 9.74. The third-order valence-electron chi connectivity index (χ3n) is 2.91. The number of rotatable bonds is 4. The molecule has 6 heteroatoms. The SMILES string of the molecule is COC(=O)c1ccc(NC(=S)Nc2ccc(OC)cc2)cc1. The highest BCUT2D eigenvalue weighted by Gasteiger charge is 2.05. The van der Waals surface area contributed by atoms with Gasteiger partial charge in [-0.3, -0.25) is 0 Å². The number of carbonyl (C=O) groups is 1. The summed E-state index contributed by atoms with van der Waals surface area (Å²) in [4.78, 5) is 11.3. The van der Waals surface area contributed by atoms with Crippen molar-refractivity contribution in [3.63, 3.8) is 0 Å². The third-order valence-corrected chi connectivity index (χ3v) is 3.12. The van der Waals surface area contributed by atoms with E-state index in [1.165, 1.54) is 7.11 Å². The van der Waals surface area contributed by atoms with Gasteiger partial charge >= 0.3 is 5.97 Å². The van der Waals surface area contributed by atoms with Crippen molar-refractivity contribution in [1.82, 2.24) is 0 Å². The molecule has 2 aromatic carbocycles. The minimum absolute atomic E-state index is 0.370. The second kappa shape index (κ2) is 7.42. The van der Waals surface area contributed by atoms with Gasteiger partial charge in [-0.15, -0.1) is 0 Å². The highest BCUT2D eigenvalue weighted by Crippen LogP contribution is 2.16. The Balaban J connectivity index is 1.94. The monoisotopic (exact) mass is 316 g/mol. The van der Waals surface area contributed by atoms with E-state index in [1.54, 1.807) is 31.4 Å². The quantitative estimate of drug-likeness (QED) is 0.667. The molecular weight excluding hydrogens is 300 g/mol. The lowest BCUT2D eigenvalue weighted by Gasteiger charge is -2.11. The lowest BCUT2D eigenvalue weighted by Crippen LogP contribution is -2.19. The van der Waals surface area contributed by atoms with Crippen molar-refractivity contribution in [2.75, 3.05) is 24.9 Å². The van der Waals surface area contributed by atoms with Crippen LogP contribution in [0.15, 0.2) is 48.5 Å². The van der Waals surface area contributed by atoms with Crippen molar-refractivity contribution in [2.45, 2.75) is 0 Å². The van der Waals surface area contributed by atoms with Crippen LogP contribution >= 0.6 is 12.2 Å². The molecule has 22 heavy (non-hydrogen) atoms. The first-order valence-corrected chi connectivity index (χ1v) is 6.93. The summed E-state index contributed by atoms with van der Waals surface area (Å²) in [5.74, 6) is 0.410. The molecule has 2 aromatic rings. The molecule has 0 unspecified atom stereocenters. The van der Waals surface area contributed by atoms with Gasteiger partial charge in [0, 0.05) is 11.4 Å². The Morgan fingerprint density at radius 1 is 0.909 bits per heavy atom. The minimum Gasteiger partial charge on any atom is -0.497 e. The third kappa shape index (κ3) is 4.20. The first-order valence-electron chi connectivity index (χ1n) is 6.53. The molecule has 114 valence electrons. The lowest BCUT2D eigenvalue weighted by molar-refractivity contribution is 0.0601. The number of benzene rings is 2. The average molecular weight is 316 g/mol. The van der Waals surface area contributed by atoms with Gasteiger partial charge in [-0.25, -0.2) is 4.79 Å². The van der Waals surface area contributed by atoms with E-state index in [2.05, 4.69) is 15.4 Å². The van der Waals surface area contributed by atoms with Crippen LogP contribution in [0.3, 0.4) is 0 Å². The number of hydrogen-bond acceptors (Lipinski definition) is 4. The summed E-state index contributed by atoms with van der Waals surface area (Å²) in [6.45, 7) is 0. The largest absolute Gasteiger partial charge is 0.497 e. The molecule has 0 heterocycles. The molecule has 0 amide bonds. The van der Waals surface area contributed by atoms with E-state index in [0.29, 0.717) is 10.7 Å². The molecule has 0 saturated heterocycles. The zero-order valence-electron chi connectivity index (χ0n) is 12.3. The zero-order chi connectivity index (χ0) is 15.9. The van der Waals surface area contributed by atoms with Crippen LogP contribution < -0.4 is 15.4 Å². The van der Waals surface area contributed by atoms with Crippen LogP contribution in [0.4, 0.5) is 11.4 Å². The highest BCUT2D eigenvalue weighted by atomic mass is 32.1. The first kappa shape index (κ1) is 15.8. The van der Waals surface area contributed by atoms with Gasteiger partial charge in [0.2, 0.25) is 0 Å². The standard InChI is InChI=1S/C16H16N2O3S/c1-20-14-9-7-13(8-10-14)18-16(22)17-12-5-3-11(4-6-12)15(19)21-2/h3-10H,1-2H3,(H2,17,18,22). The predicted octanol–water partition coefficient (Wildman–Crippen LogP) is 3.29. The van der Waals surface area contributed by atoms with Crippen molar-refractivity contribution in [2.24, 2.45) is 0 Å². The Morgan fingerprint density at radius 3 is 1.86 bits per heavy atom. The molecule has 0 bridgehead atoms. The molecule has 0 fully saturated rings. The highest BCUT2D eigenvalue weighted by molar-refractivity contribution is 7.80. The molecule has 2 N–H and O–H groups in total. The van der Waals surface area contributed by atoms with Crippen LogP contribution in [0.1, 0.15) is 10.4 Å². The number of hydrogen-bond donors (Lipinski definition) is 2. The van der Waals surface area contributed by atoms with Gasteiger partial charge in [-0.1, -0.05) is 0 Å². The topological polar surface area (TPSA) is 59.6 Å². The Hall–Kier alpha value is -2.60. The molecule has 5 nitrogen and oxygen atoms in total. The van der Waals surface area contributed by atoms with Gasteiger partial charge in [0.25, 0.3) is 0 Å². The van der Waals surface area contributed by atoms with E-state index in [9.17, 15) is 4.79 Å². The maximum Gasteiger partial charge on any atom is 0.337 e.